The van der Waals surface area contributed by atoms with Gasteiger partial charge in [-0.2, -0.15) is 0 Å². The first-order valence-corrected chi connectivity index (χ1v) is 8.73. The Bertz CT molecular complexity index is 806. The molecule has 0 saturated carbocycles. The Kier molecular flexibility index (Phi) is 5.11. The first kappa shape index (κ1) is 17.9. The molecule has 0 saturated heterocycles. The Labute approximate surface area is 156 Å². The molecule has 1 N–H and O–H groups in total. The van der Waals surface area contributed by atoms with E-state index in [1.165, 1.54) is 0 Å². The van der Waals surface area contributed by atoms with Crippen LogP contribution in [0.2, 0.25) is 10.0 Å². The van der Waals surface area contributed by atoms with Gasteiger partial charge in [-0.05, 0) is 25.1 Å². The Morgan fingerprint density at radius 3 is 2.68 bits per heavy atom. The number of carboxylic acids is 1. The Morgan fingerprint density at radius 2 is 2.00 bits per heavy atom. The third-order valence-electron chi connectivity index (χ3n) is 4.51. The lowest BCUT2D eigenvalue weighted by atomic mass is 9.89. The van der Waals surface area contributed by atoms with Crippen molar-refractivity contribution in [3.05, 3.63) is 57.6 Å². The van der Waals surface area contributed by atoms with Crippen LogP contribution in [0, 0.1) is 5.92 Å². The normalized spacial score (nSPS) is 18.2. The van der Waals surface area contributed by atoms with E-state index in [0.29, 0.717) is 28.2 Å². The number of ether oxygens (including phenoxy) is 2. The van der Waals surface area contributed by atoms with Crippen LogP contribution in [-0.2, 0) is 4.79 Å². The van der Waals surface area contributed by atoms with Gasteiger partial charge in [0.1, 0.15) is 17.6 Å². The second-order valence-electron chi connectivity index (χ2n) is 6.17. The van der Waals surface area contributed by atoms with Gasteiger partial charge < -0.3 is 14.6 Å². The van der Waals surface area contributed by atoms with Gasteiger partial charge in [0.05, 0.1) is 12.5 Å². The highest BCUT2D eigenvalue weighted by atomic mass is 35.5. The quantitative estimate of drug-likeness (QED) is 0.761. The fraction of sp³-hybridized carbons (Fsp3) is 0.316. The largest absolute Gasteiger partial charge is 0.492 e. The summed E-state index contributed by atoms with van der Waals surface area (Å²) in [4.78, 5) is 11.2. The molecular weight excluding hydrogens is 363 g/mol. The second kappa shape index (κ2) is 7.14. The molecule has 2 unspecified atom stereocenters. The van der Waals surface area contributed by atoms with Crippen LogP contribution in [0.5, 0.6) is 11.5 Å². The van der Waals surface area contributed by atoms with E-state index in [2.05, 4.69) is 0 Å². The van der Waals surface area contributed by atoms with E-state index in [0.717, 1.165) is 11.1 Å². The molecule has 0 aliphatic carbocycles. The van der Waals surface area contributed by atoms with Crippen molar-refractivity contribution in [2.45, 2.75) is 25.9 Å². The van der Waals surface area contributed by atoms with Crippen LogP contribution in [-0.4, -0.2) is 17.7 Å². The number of carboxylic acid groups (broad SMARTS) is 1. The molecule has 0 aromatic heterocycles. The molecule has 25 heavy (non-hydrogen) atoms. The van der Waals surface area contributed by atoms with E-state index < -0.39 is 11.9 Å². The van der Waals surface area contributed by atoms with Crippen LogP contribution in [0.4, 0.5) is 0 Å². The lowest BCUT2D eigenvalue weighted by molar-refractivity contribution is -0.142. The molecule has 3 atom stereocenters. The van der Waals surface area contributed by atoms with Gasteiger partial charge in [-0.3, -0.25) is 4.79 Å². The molecular formula is C19H18Cl2O4. The summed E-state index contributed by atoms with van der Waals surface area (Å²) in [5, 5.41) is 10.3. The summed E-state index contributed by atoms with van der Waals surface area (Å²) in [6.45, 7) is 3.96. The maximum absolute atomic E-state index is 11.2. The number of aliphatic carboxylic acids is 1. The van der Waals surface area contributed by atoms with E-state index >= 15 is 0 Å². The number of rotatable bonds is 5. The third-order valence-corrected chi connectivity index (χ3v) is 5.07. The smallest absolute Gasteiger partial charge is 0.306 e. The molecule has 6 heteroatoms. The maximum atomic E-state index is 11.2. The number of hydrogen-bond donors (Lipinski definition) is 1. The minimum atomic E-state index is -0.826. The Hall–Kier alpha value is -1.91. The minimum absolute atomic E-state index is 0.148. The first-order valence-electron chi connectivity index (χ1n) is 7.98. The standard InChI is InChI=1S/C19H18Cl2O4/c1-10(19(22)23)16-9-24-18-8-13(4-6-15(16)18)25-11(2)14-5-3-12(20)7-17(14)21/h3-8,10-11,16H,9H2,1-2H3,(H,22,23)/t10?,11?,16-/m0/s1. The van der Waals surface area contributed by atoms with Crippen molar-refractivity contribution in [2.24, 2.45) is 5.92 Å². The first-order chi connectivity index (χ1) is 11.9. The van der Waals surface area contributed by atoms with Crippen molar-refractivity contribution in [1.29, 1.82) is 0 Å². The van der Waals surface area contributed by atoms with E-state index in [-0.39, 0.29) is 12.0 Å². The fourth-order valence-electron chi connectivity index (χ4n) is 2.97. The fourth-order valence-corrected chi connectivity index (χ4v) is 3.54. The predicted molar refractivity (Wildman–Crippen MR) is 97.0 cm³/mol. The molecule has 2 aromatic carbocycles. The maximum Gasteiger partial charge on any atom is 0.306 e. The summed E-state index contributed by atoms with van der Waals surface area (Å²) in [7, 11) is 0. The SMILES string of the molecule is CC(Oc1ccc2c(c1)OC[C@H]2C(C)C(=O)O)c1ccc(Cl)cc1Cl. The van der Waals surface area contributed by atoms with Crippen LogP contribution in [0.3, 0.4) is 0 Å². The highest BCUT2D eigenvalue weighted by molar-refractivity contribution is 6.35. The molecule has 1 heterocycles. The van der Waals surface area contributed by atoms with Crippen molar-refractivity contribution in [3.63, 3.8) is 0 Å². The van der Waals surface area contributed by atoms with Crippen molar-refractivity contribution in [1.82, 2.24) is 0 Å². The zero-order chi connectivity index (χ0) is 18.1. The highest BCUT2D eigenvalue weighted by Crippen LogP contribution is 2.41. The lowest BCUT2D eigenvalue weighted by Crippen LogP contribution is -2.19. The zero-order valence-electron chi connectivity index (χ0n) is 13.8. The Balaban J connectivity index is 1.78. The Morgan fingerprint density at radius 1 is 1.24 bits per heavy atom. The lowest BCUT2D eigenvalue weighted by Gasteiger charge is -2.17. The molecule has 0 bridgehead atoms. The van der Waals surface area contributed by atoms with Gasteiger partial charge >= 0.3 is 5.97 Å². The van der Waals surface area contributed by atoms with Crippen LogP contribution in [0.15, 0.2) is 36.4 Å². The molecule has 3 rings (SSSR count). The predicted octanol–water partition coefficient (Wildman–Crippen LogP) is 5.33. The van der Waals surface area contributed by atoms with Crippen molar-refractivity contribution in [2.75, 3.05) is 6.61 Å². The van der Waals surface area contributed by atoms with Gasteiger partial charge in [0.25, 0.3) is 0 Å². The molecule has 2 aromatic rings. The third kappa shape index (κ3) is 3.70. The van der Waals surface area contributed by atoms with Crippen LogP contribution < -0.4 is 9.47 Å². The number of hydrogen-bond acceptors (Lipinski definition) is 3. The average Bonchev–Trinajstić information content (AvgIpc) is 2.96. The van der Waals surface area contributed by atoms with E-state index in [4.69, 9.17) is 32.7 Å². The number of carbonyl (C=O) groups is 1. The number of halogens is 2. The van der Waals surface area contributed by atoms with Gasteiger partial charge in [0.2, 0.25) is 0 Å². The molecule has 0 radical (unpaired) electrons. The molecule has 132 valence electrons. The zero-order valence-corrected chi connectivity index (χ0v) is 15.3. The molecule has 0 spiro atoms. The van der Waals surface area contributed by atoms with Crippen molar-refractivity contribution in [3.8, 4) is 11.5 Å². The summed E-state index contributed by atoms with van der Waals surface area (Å²) in [5.41, 5.74) is 1.74. The van der Waals surface area contributed by atoms with Crippen LogP contribution in [0.1, 0.15) is 37.0 Å². The second-order valence-corrected chi connectivity index (χ2v) is 7.01. The molecule has 0 fully saturated rings. The monoisotopic (exact) mass is 380 g/mol. The molecule has 0 amide bonds. The van der Waals surface area contributed by atoms with Gasteiger partial charge in [-0.25, -0.2) is 0 Å². The summed E-state index contributed by atoms with van der Waals surface area (Å²) in [5.74, 6) is -0.164. The summed E-state index contributed by atoms with van der Waals surface area (Å²) >= 11 is 12.1. The minimum Gasteiger partial charge on any atom is -0.492 e. The highest BCUT2D eigenvalue weighted by Gasteiger charge is 2.33. The van der Waals surface area contributed by atoms with Crippen LogP contribution >= 0.6 is 23.2 Å². The summed E-state index contributed by atoms with van der Waals surface area (Å²) in [6, 6.07) is 10.8. The van der Waals surface area contributed by atoms with Gasteiger partial charge in [0, 0.05) is 33.2 Å². The summed E-state index contributed by atoms with van der Waals surface area (Å²) in [6.07, 6.45) is -0.266. The van der Waals surface area contributed by atoms with Gasteiger partial charge in [-0.1, -0.05) is 42.3 Å². The number of benzene rings is 2. The summed E-state index contributed by atoms with van der Waals surface area (Å²) < 4.78 is 11.6. The molecule has 1 aliphatic heterocycles. The van der Waals surface area contributed by atoms with E-state index in [9.17, 15) is 9.90 Å². The average molecular weight is 381 g/mol. The van der Waals surface area contributed by atoms with E-state index in [1.54, 1.807) is 25.1 Å². The van der Waals surface area contributed by atoms with Crippen LogP contribution in [0.25, 0.3) is 0 Å². The molecule has 1 aliphatic rings. The molecule has 4 nitrogen and oxygen atoms in total. The van der Waals surface area contributed by atoms with Gasteiger partial charge in [0.15, 0.2) is 0 Å². The van der Waals surface area contributed by atoms with E-state index in [1.807, 2.05) is 25.1 Å². The van der Waals surface area contributed by atoms with Crippen molar-refractivity contribution >= 4 is 29.2 Å². The van der Waals surface area contributed by atoms with Gasteiger partial charge in [-0.15, -0.1) is 0 Å². The van der Waals surface area contributed by atoms with Crippen molar-refractivity contribution < 1.29 is 19.4 Å². The topological polar surface area (TPSA) is 55.8 Å². The number of fused-ring (bicyclic) bond motifs is 1.